The first kappa shape index (κ1) is 23.4. The second-order valence-electron chi connectivity index (χ2n) is 8.63. The number of hydrogen-bond donors (Lipinski definition) is 0. The molecule has 5 rings (SSSR count). The van der Waals surface area contributed by atoms with Gasteiger partial charge in [-0.05, 0) is 52.9 Å². The molecule has 0 bridgehead atoms. The Kier molecular flexibility index (Phi) is 6.33. The van der Waals surface area contributed by atoms with Crippen LogP contribution in [-0.4, -0.2) is 35.6 Å². The largest absolute Gasteiger partial charge is 0.492 e. The Morgan fingerprint density at radius 3 is 2.58 bits per heavy atom. The topological polar surface area (TPSA) is 91.1 Å². The molecule has 1 unspecified atom stereocenters. The van der Waals surface area contributed by atoms with Crippen molar-refractivity contribution in [2.75, 3.05) is 13.7 Å². The molecule has 0 N–H and O–H groups in total. The number of cyclic esters (lactones) is 2. The normalized spacial score (nSPS) is 15.4. The summed E-state index contributed by atoms with van der Waals surface area (Å²) in [4.78, 5) is 31.1. The highest BCUT2D eigenvalue weighted by Crippen LogP contribution is 2.48. The maximum atomic E-state index is 13.0. The van der Waals surface area contributed by atoms with Crippen LogP contribution in [0.15, 0.2) is 65.6 Å². The average Bonchev–Trinajstić information content (AvgIpc) is 3.50. The third-order valence-corrected chi connectivity index (χ3v) is 6.26. The van der Waals surface area contributed by atoms with Crippen molar-refractivity contribution >= 4 is 22.8 Å². The molecule has 184 valence electrons. The lowest BCUT2D eigenvalue weighted by atomic mass is 9.90. The molecule has 1 fully saturated rings. The zero-order chi connectivity index (χ0) is 25.2. The Labute approximate surface area is 208 Å². The van der Waals surface area contributed by atoms with Crippen molar-refractivity contribution in [2.24, 2.45) is 0 Å². The summed E-state index contributed by atoms with van der Waals surface area (Å²) in [7, 11) is 1.56. The van der Waals surface area contributed by atoms with Crippen LogP contribution in [0.25, 0.3) is 21.9 Å². The number of rotatable bonds is 8. The molecule has 4 aromatic rings. The summed E-state index contributed by atoms with van der Waals surface area (Å²) in [6.45, 7) is 4.39. The molecule has 1 atom stereocenters. The number of fused-ring (bicyclic) bond motifs is 1. The minimum Gasteiger partial charge on any atom is -0.492 e. The summed E-state index contributed by atoms with van der Waals surface area (Å²) < 4.78 is 22.2. The van der Waals surface area contributed by atoms with Crippen LogP contribution in [0.1, 0.15) is 36.2 Å². The quantitative estimate of drug-likeness (QED) is 0.229. The Bertz CT molecular complexity index is 1430. The summed E-state index contributed by atoms with van der Waals surface area (Å²) in [5.74, 6) is 0.382. The highest BCUT2D eigenvalue weighted by atomic mass is 16.6. The predicted molar refractivity (Wildman–Crippen MR) is 133 cm³/mol. The molecular weight excluding hydrogens is 460 g/mol. The van der Waals surface area contributed by atoms with E-state index in [9.17, 15) is 9.59 Å². The summed E-state index contributed by atoms with van der Waals surface area (Å²) >= 11 is 0. The van der Waals surface area contributed by atoms with Crippen LogP contribution >= 0.6 is 0 Å². The van der Waals surface area contributed by atoms with E-state index in [1.807, 2.05) is 62.4 Å². The third-order valence-electron chi connectivity index (χ3n) is 6.26. The Balaban J connectivity index is 1.72. The van der Waals surface area contributed by atoms with Gasteiger partial charge in [-0.2, -0.15) is 0 Å². The van der Waals surface area contributed by atoms with E-state index in [4.69, 9.17) is 18.6 Å². The Morgan fingerprint density at radius 2 is 1.86 bits per heavy atom. The first-order valence-corrected chi connectivity index (χ1v) is 11.7. The number of amides is 1. The van der Waals surface area contributed by atoms with E-state index < -0.39 is 18.1 Å². The number of ether oxygens (including phenoxy) is 3. The molecule has 1 aliphatic rings. The van der Waals surface area contributed by atoms with Crippen LogP contribution in [-0.2, 0) is 16.1 Å². The van der Waals surface area contributed by atoms with Crippen molar-refractivity contribution in [3.63, 3.8) is 0 Å². The van der Waals surface area contributed by atoms with Gasteiger partial charge >= 0.3 is 12.1 Å². The highest BCUT2D eigenvalue weighted by Gasteiger charge is 2.44. The molecule has 0 aliphatic carbocycles. The molecule has 1 saturated heterocycles. The van der Waals surface area contributed by atoms with Gasteiger partial charge < -0.3 is 18.6 Å². The van der Waals surface area contributed by atoms with Crippen LogP contribution in [0, 0.1) is 6.92 Å². The molecule has 0 spiro atoms. The van der Waals surface area contributed by atoms with Gasteiger partial charge in [-0.1, -0.05) is 43.3 Å². The number of hydrogen-bond acceptors (Lipinski definition) is 7. The summed E-state index contributed by atoms with van der Waals surface area (Å²) in [5.41, 5.74) is 3.50. The van der Waals surface area contributed by atoms with E-state index in [0.29, 0.717) is 41.3 Å². The summed E-state index contributed by atoms with van der Waals surface area (Å²) in [5, 5.41) is 2.11. The number of esters is 1. The van der Waals surface area contributed by atoms with Crippen molar-refractivity contribution in [1.82, 2.24) is 9.88 Å². The van der Waals surface area contributed by atoms with Gasteiger partial charge in [0, 0.05) is 12.1 Å². The summed E-state index contributed by atoms with van der Waals surface area (Å²) in [6, 6.07) is 15.0. The first-order chi connectivity index (χ1) is 17.5. The number of nitrogens with zero attached hydrogens (tertiary/aromatic N) is 2. The smallest absolute Gasteiger partial charge is 0.418 e. The predicted octanol–water partition coefficient (Wildman–Crippen LogP) is 5.82. The Morgan fingerprint density at radius 1 is 1.06 bits per heavy atom. The number of aryl methyl sites for hydroxylation is 1. The van der Waals surface area contributed by atoms with Gasteiger partial charge in [0.25, 0.3) is 0 Å². The van der Waals surface area contributed by atoms with Gasteiger partial charge in [-0.15, -0.1) is 0 Å². The molecule has 1 amide bonds. The molecule has 8 heteroatoms. The fourth-order valence-corrected chi connectivity index (χ4v) is 4.67. The number of carbonyl (C=O) groups excluding carboxylic acids is 2. The van der Waals surface area contributed by atoms with Gasteiger partial charge in [-0.3, -0.25) is 4.90 Å². The lowest BCUT2D eigenvalue weighted by Gasteiger charge is -2.26. The molecule has 2 heterocycles. The van der Waals surface area contributed by atoms with Crippen LogP contribution < -0.4 is 9.47 Å². The molecule has 36 heavy (non-hydrogen) atoms. The SMILES string of the molecule is CCCN1C(=O)OC(=O)C1c1cc(C)c(OCc2cocn2)c(OC)c1-c1ccc2ccccc2c1. The second kappa shape index (κ2) is 9.73. The number of aromatic nitrogens is 1. The van der Waals surface area contributed by atoms with Gasteiger partial charge in [-0.25, -0.2) is 14.6 Å². The lowest BCUT2D eigenvalue weighted by Crippen LogP contribution is -2.29. The Hall–Kier alpha value is -4.33. The van der Waals surface area contributed by atoms with Crippen molar-refractivity contribution in [1.29, 1.82) is 0 Å². The molecule has 3 aromatic carbocycles. The average molecular weight is 487 g/mol. The third kappa shape index (κ3) is 4.15. The molecule has 8 nitrogen and oxygen atoms in total. The molecule has 0 saturated carbocycles. The fraction of sp³-hybridized carbons (Fsp3) is 0.250. The molecular formula is C28H26N2O6. The number of oxazole rings is 1. The van der Waals surface area contributed by atoms with Gasteiger partial charge in [0.1, 0.15) is 18.6 Å². The number of methoxy groups -OCH3 is 1. The monoisotopic (exact) mass is 486 g/mol. The van der Waals surface area contributed by atoms with Crippen molar-refractivity contribution < 1.29 is 28.2 Å². The van der Waals surface area contributed by atoms with Crippen molar-refractivity contribution in [3.05, 3.63) is 78.0 Å². The van der Waals surface area contributed by atoms with Crippen LogP contribution in [0.5, 0.6) is 11.5 Å². The highest BCUT2D eigenvalue weighted by molar-refractivity contribution is 5.99. The zero-order valence-corrected chi connectivity index (χ0v) is 20.3. The first-order valence-electron chi connectivity index (χ1n) is 11.7. The van der Waals surface area contributed by atoms with Crippen molar-refractivity contribution in [3.8, 4) is 22.6 Å². The molecule has 0 radical (unpaired) electrons. The van der Waals surface area contributed by atoms with E-state index in [2.05, 4.69) is 4.98 Å². The van der Waals surface area contributed by atoms with Gasteiger partial charge in [0.15, 0.2) is 23.9 Å². The van der Waals surface area contributed by atoms with E-state index in [1.54, 1.807) is 7.11 Å². The number of carbonyl (C=O) groups is 2. The van der Waals surface area contributed by atoms with E-state index in [1.165, 1.54) is 17.6 Å². The summed E-state index contributed by atoms with van der Waals surface area (Å²) in [6.07, 6.45) is 2.90. The van der Waals surface area contributed by atoms with Crippen LogP contribution in [0.4, 0.5) is 4.79 Å². The van der Waals surface area contributed by atoms with E-state index in [-0.39, 0.29) is 6.61 Å². The molecule has 1 aromatic heterocycles. The fourth-order valence-electron chi connectivity index (χ4n) is 4.67. The van der Waals surface area contributed by atoms with Crippen LogP contribution in [0.3, 0.4) is 0 Å². The molecule has 1 aliphatic heterocycles. The lowest BCUT2D eigenvalue weighted by molar-refractivity contribution is -0.136. The maximum Gasteiger partial charge on any atom is 0.418 e. The maximum absolute atomic E-state index is 13.0. The van der Waals surface area contributed by atoms with E-state index >= 15 is 0 Å². The zero-order valence-electron chi connectivity index (χ0n) is 20.3. The minimum atomic E-state index is -0.892. The van der Waals surface area contributed by atoms with Gasteiger partial charge in [0.2, 0.25) is 0 Å². The van der Waals surface area contributed by atoms with Crippen molar-refractivity contribution in [2.45, 2.75) is 32.9 Å². The second-order valence-corrected chi connectivity index (χ2v) is 8.63. The van der Waals surface area contributed by atoms with Gasteiger partial charge in [0.05, 0.1) is 7.11 Å². The minimum absolute atomic E-state index is 0.177. The number of benzene rings is 3. The van der Waals surface area contributed by atoms with E-state index in [0.717, 1.165) is 21.9 Å². The standard InChI is InChI=1S/C28H26N2O6/c1-4-11-30-24(27(31)36-28(30)32)22-12-17(2)25(35-15-21-14-34-16-29-21)26(33-3)23(22)20-10-9-18-7-5-6-8-19(18)13-20/h5-10,12-14,16,24H,4,11,15H2,1-3H3. The van der Waals surface area contributed by atoms with Crippen LogP contribution in [0.2, 0.25) is 0 Å².